The predicted molar refractivity (Wildman–Crippen MR) is 82.9 cm³/mol. The zero-order valence-corrected chi connectivity index (χ0v) is 11.6. The maximum atomic E-state index is 6.28. The van der Waals surface area contributed by atoms with Crippen molar-refractivity contribution in [1.29, 1.82) is 0 Å². The third-order valence-electron chi connectivity index (χ3n) is 3.54. The number of hydrogen-bond donors (Lipinski definition) is 1. The van der Waals surface area contributed by atoms with E-state index < -0.39 is 0 Å². The van der Waals surface area contributed by atoms with E-state index in [9.17, 15) is 0 Å². The number of ether oxygens (including phenoxy) is 1. The lowest BCUT2D eigenvalue weighted by molar-refractivity contribution is 0.419. The number of pyridine rings is 1. The zero-order chi connectivity index (χ0) is 14.1. The van der Waals surface area contributed by atoms with Crippen molar-refractivity contribution in [1.82, 2.24) is 4.98 Å². The lowest BCUT2D eigenvalue weighted by Crippen LogP contribution is -1.99. The maximum Gasteiger partial charge on any atom is 0.145 e. The topological polar surface area (TPSA) is 48.1 Å². The molecule has 0 saturated heterocycles. The van der Waals surface area contributed by atoms with Gasteiger partial charge in [-0.2, -0.15) is 0 Å². The molecule has 1 aromatic heterocycles. The first-order chi connectivity index (χ1) is 9.72. The van der Waals surface area contributed by atoms with Gasteiger partial charge in [-0.15, -0.1) is 0 Å². The van der Waals surface area contributed by atoms with Gasteiger partial charge in [0.15, 0.2) is 0 Å². The van der Waals surface area contributed by atoms with Crippen molar-refractivity contribution in [3.8, 4) is 17.0 Å². The number of anilines is 1. The summed E-state index contributed by atoms with van der Waals surface area (Å²) in [5.74, 6) is 0.742. The van der Waals surface area contributed by atoms with Crippen molar-refractivity contribution in [2.24, 2.45) is 0 Å². The van der Waals surface area contributed by atoms with Gasteiger partial charge in [-0.1, -0.05) is 42.5 Å². The smallest absolute Gasteiger partial charge is 0.145 e. The Hall–Kier alpha value is -2.55. The van der Waals surface area contributed by atoms with E-state index >= 15 is 0 Å². The van der Waals surface area contributed by atoms with Gasteiger partial charge in [0, 0.05) is 16.6 Å². The first-order valence-electron chi connectivity index (χ1n) is 6.50. The van der Waals surface area contributed by atoms with Gasteiger partial charge >= 0.3 is 0 Å². The van der Waals surface area contributed by atoms with Gasteiger partial charge in [-0.3, -0.25) is 0 Å². The molecule has 1 heterocycles. The van der Waals surface area contributed by atoms with Gasteiger partial charge in [0.1, 0.15) is 11.3 Å². The number of para-hydroxylation sites is 1. The normalized spacial score (nSPS) is 10.7. The molecule has 0 atom stereocenters. The fourth-order valence-electron chi connectivity index (χ4n) is 2.42. The Labute approximate surface area is 118 Å². The van der Waals surface area contributed by atoms with Crippen LogP contribution in [0.2, 0.25) is 0 Å². The van der Waals surface area contributed by atoms with Gasteiger partial charge in [-0.05, 0) is 18.6 Å². The quantitative estimate of drug-likeness (QED) is 0.765. The van der Waals surface area contributed by atoms with Crippen molar-refractivity contribution >= 4 is 16.6 Å². The summed E-state index contributed by atoms with van der Waals surface area (Å²) in [5.41, 5.74) is 10.8. The average Bonchev–Trinajstić information content (AvgIpc) is 2.51. The average molecular weight is 264 g/mol. The summed E-state index contributed by atoms with van der Waals surface area (Å²) in [6.45, 7) is 2.00. The summed E-state index contributed by atoms with van der Waals surface area (Å²) < 4.78 is 5.40. The zero-order valence-electron chi connectivity index (χ0n) is 11.6. The molecule has 3 rings (SSSR count). The van der Waals surface area contributed by atoms with Gasteiger partial charge in [0.25, 0.3) is 0 Å². The molecular weight excluding hydrogens is 248 g/mol. The molecule has 3 nitrogen and oxygen atoms in total. The first kappa shape index (κ1) is 12.5. The molecule has 0 aliphatic heterocycles. The molecular formula is C17H16N2O. The molecule has 3 aromatic rings. The van der Waals surface area contributed by atoms with Crippen LogP contribution in [0.1, 0.15) is 5.56 Å². The standard InChI is InChI=1S/C17H16N2O/c1-11-15(18)13-9-6-10-14(20-2)17(13)19-16(11)12-7-4-3-5-8-12/h3-10H,1-2H3,(H2,18,19). The monoisotopic (exact) mass is 264 g/mol. The Morgan fingerprint density at radius 1 is 1.00 bits per heavy atom. The summed E-state index contributed by atoms with van der Waals surface area (Å²) in [6, 6.07) is 15.9. The van der Waals surface area contributed by atoms with Crippen LogP contribution >= 0.6 is 0 Å². The SMILES string of the molecule is COc1cccc2c(N)c(C)c(-c3ccccc3)nc12. The molecule has 3 heteroatoms. The summed E-state index contributed by atoms with van der Waals surface area (Å²) >= 11 is 0. The number of methoxy groups -OCH3 is 1. The number of nitrogen functional groups attached to an aromatic ring is 1. The van der Waals surface area contributed by atoms with Gasteiger partial charge < -0.3 is 10.5 Å². The number of nitrogens with zero attached hydrogens (tertiary/aromatic N) is 1. The molecule has 2 aromatic carbocycles. The van der Waals surface area contributed by atoms with Crippen LogP contribution in [-0.2, 0) is 0 Å². The summed E-state index contributed by atoms with van der Waals surface area (Å²) in [4.78, 5) is 4.77. The van der Waals surface area contributed by atoms with Crippen molar-refractivity contribution < 1.29 is 4.74 Å². The number of nitrogens with two attached hydrogens (primary N) is 1. The second kappa shape index (κ2) is 4.85. The fraction of sp³-hybridized carbons (Fsp3) is 0.118. The molecule has 2 N–H and O–H groups in total. The Bertz CT molecular complexity index is 767. The highest BCUT2D eigenvalue weighted by molar-refractivity contribution is 5.98. The highest BCUT2D eigenvalue weighted by Crippen LogP contribution is 2.34. The van der Waals surface area contributed by atoms with Crippen molar-refractivity contribution in [2.45, 2.75) is 6.92 Å². The maximum absolute atomic E-state index is 6.28. The van der Waals surface area contributed by atoms with Crippen LogP contribution in [0, 0.1) is 6.92 Å². The molecule has 0 amide bonds. The Balaban J connectivity index is 2.37. The molecule has 0 aliphatic carbocycles. The van der Waals surface area contributed by atoms with Crippen molar-refractivity contribution in [3.63, 3.8) is 0 Å². The molecule has 0 fully saturated rings. The minimum Gasteiger partial charge on any atom is -0.494 e. The van der Waals surface area contributed by atoms with E-state index in [1.54, 1.807) is 7.11 Å². The van der Waals surface area contributed by atoms with Crippen LogP contribution in [0.4, 0.5) is 5.69 Å². The Morgan fingerprint density at radius 2 is 1.75 bits per heavy atom. The van der Waals surface area contributed by atoms with Crippen LogP contribution in [0.5, 0.6) is 5.75 Å². The molecule has 0 unspecified atom stereocenters. The first-order valence-corrected chi connectivity index (χ1v) is 6.50. The van der Waals surface area contributed by atoms with Crippen LogP contribution < -0.4 is 10.5 Å². The van der Waals surface area contributed by atoms with Gasteiger partial charge in [0.05, 0.1) is 12.8 Å². The van der Waals surface area contributed by atoms with E-state index in [0.717, 1.165) is 39.2 Å². The predicted octanol–water partition coefficient (Wildman–Crippen LogP) is 3.80. The summed E-state index contributed by atoms with van der Waals surface area (Å²) in [7, 11) is 1.65. The third kappa shape index (κ3) is 1.88. The second-order valence-electron chi connectivity index (χ2n) is 4.72. The van der Waals surface area contributed by atoms with E-state index in [0.29, 0.717) is 0 Å². The van der Waals surface area contributed by atoms with E-state index in [-0.39, 0.29) is 0 Å². The number of hydrogen-bond acceptors (Lipinski definition) is 3. The molecule has 100 valence electrons. The van der Waals surface area contributed by atoms with E-state index in [2.05, 4.69) is 0 Å². The van der Waals surface area contributed by atoms with Crippen molar-refractivity contribution in [3.05, 3.63) is 54.1 Å². The lowest BCUT2D eigenvalue weighted by atomic mass is 10.0. The minimum absolute atomic E-state index is 0.742. The second-order valence-corrected chi connectivity index (χ2v) is 4.72. The summed E-state index contributed by atoms with van der Waals surface area (Å²) in [5, 5.41) is 0.932. The van der Waals surface area contributed by atoms with E-state index in [4.69, 9.17) is 15.5 Å². The van der Waals surface area contributed by atoms with Crippen LogP contribution in [0.3, 0.4) is 0 Å². The number of benzene rings is 2. The molecule has 0 radical (unpaired) electrons. The highest BCUT2D eigenvalue weighted by Gasteiger charge is 2.13. The van der Waals surface area contributed by atoms with Crippen LogP contribution in [0.25, 0.3) is 22.2 Å². The largest absolute Gasteiger partial charge is 0.494 e. The molecule has 0 saturated carbocycles. The number of rotatable bonds is 2. The number of fused-ring (bicyclic) bond motifs is 1. The molecule has 0 bridgehead atoms. The van der Waals surface area contributed by atoms with Gasteiger partial charge in [0.2, 0.25) is 0 Å². The Morgan fingerprint density at radius 3 is 2.45 bits per heavy atom. The third-order valence-corrected chi connectivity index (χ3v) is 3.54. The van der Waals surface area contributed by atoms with Crippen LogP contribution in [0.15, 0.2) is 48.5 Å². The van der Waals surface area contributed by atoms with E-state index in [1.165, 1.54) is 0 Å². The molecule has 0 aliphatic rings. The highest BCUT2D eigenvalue weighted by atomic mass is 16.5. The number of aromatic nitrogens is 1. The van der Waals surface area contributed by atoms with Gasteiger partial charge in [-0.25, -0.2) is 4.98 Å². The lowest BCUT2D eigenvalue weighted by Gasteiger charge is -2.13. The minimum atomic E-state index is 0.742. The fourth-order valence-corrected chi connectivity index (χ4v) is 2.42. The summed E-state index contributed by atoms with van der Waals surface area (Å²) in [6.07, 6.45) is 0. The van der Waals surface area contributed by atoms with E-state index in [1.807, 2.05) is 55.5 Å². The van der Waals surface area contributed by atoms with Crippen molar-refractivity contribution in [2.75, 3.05) is 12.8 Å². The Kier molecular flexibility index (Phi) is 3.03. The van der Waals surface area contributed by atoms with Crippen LogP contribution in [-0.4, -0.2) is 12.1 Å². The molecule has 20 heavy (non-hydrogen) atoms. The molecule has 0 spiro atoms.